The van der Waals surface area contributed by atoms with Crippen molar-refractivity contribution in [1.29, 1.82) is 0 Å². The molecule has 0 unspecified atom stereocenters. The number of nitro groups is 2. The van der Waals surface area contributed by atoms with Crippen molar-refractivity contribution in [3.8, 4) is 0 Å². The van der Waals surface area contributed by atoms with E-state index < -0.39 is 19.7 Å². The van der Waals surface area contributed by atoms with Crippen LogP contribution in [0.25, 0.3) is 0 Å². The van der Waals surface area contributed by atoms with Gasteiger partial charge in [0.05, 0.1) is 19.6 Å². The Morgan fingerprint density at radius 3 is 1.33 bits per heavy atom. The summed E-state index contributed by atoms with van der Waals surface area (Å²) in [4.78, 5) is 25.7. The molecule has 0 amide bonds. The second kappa shape index (κ2) is 9.21. The van der Waals surface area contributed by atoms with Crippen molar-refractivity contribution >= 4 is 44.0 Å². The summed E-state index contributed by atoms with van der Waals surface area (Å²) in [6.07, 6.45) is 1.34. The van der Waals surface area contributed by atoms with Crippen LogP contribution in [0.15, 0.2) is 94.7 Å². The minimum absolute atomic E-state index is 0.0565. The minimum atomic E-state index is -3.76. The van der Waals surface area contributed by atoms with Gasteiger partial charge in [0.15, 0.2) is 0 Å². The molecule has 196 valence electrons. The topological polar surface area (TPSA) is 127 Å². The second-order valence-electron chi connectivity index (χ2n) is 9.43. The van der Waals surface area contributed by atoms with E-state index in [-0.39, 0.29) is 21.2 Å². The molecule has 39 heavy (non-hydrogen) atoms. The molecule has 0 fully saturated rings. The second-order valence-corrected chi connectivity index (χ2v) is 11.4. The maximum Gasteiger partial charge on any atom is 0.269 e. The van der Waals surface area contributed by atoms with E-state index in [0.29, 0.717) is 25.9 Å². The number of anilines is 4. The largest absolute Gasteiger partial charge is 0.341 e. The van der Waals surface area contributed by atoms with E-state index in [1.807, 2.05) is 9.80 Å². The van der Waals surface area contributed by atoms with Gasteiger partial charge in [-0.05, 0) is 84.6 Å². The molecule has 2 aliphatic rings. The first-order valence-corrected chi connectivity index (χ1v) is 13.8. The maximum absolute atomic E-state index is 13.3. The van der Waals surface area contributed by atoms with Crippen LogP contribution in [-0.4, -0.2) is 31.4 Å². The average molecular weight is 543 g/mol. The van der Waals surface area contributed by atoms with E-state index in [9.17, 15) is 28.6 Å². The van der Waals surface area contributed by atoms with Gasteiger partial charge in [-0.25, -0.2) is 8.42 Å². The quantitative estimate of drug-likeness (QED) is 0.223. The number of rotatable bonds is 6. The molecule has 2 aliphatic heterocycles. The van der Waals surface area contributed by atoms with Crippen LogP contribution < -0.4 is 9.80 Å². The first kappa shape index (κ1) is 24.6. The number of nitro benzene ring substituents is 2. The van der Waals surface area contributed by atoms with Gasteiger partial charge in [0.25, 0.3) is 11.4 Å². The van der Waals surface area contributed by atoms with Crippen LogP contribution in [0.3, 0.4) is 0 Å². The van der Waals surface area contributed by atoms with Crippen molar-refractivity contribution in [1.82, 2.24) is 0 Å². The minimum Gasteiger partial charge on any atom is -0.341 e. The van der Waals surface area contributed by atoms with E-state index in [1.54, 1.807) is 72.8 Å². The number of benzene rings is 4. The van der Waals surface area contributed by atoms with Crippen LogP contribution in [-0.2, 0) is 22.7 Å². The molecule has 0 N–H and O–H groups in total. The fourth-order valence-corrected chi connectivity index (χ4v) is 6.55. The van der Waals surface area contributed by atoms with Crippen molar-refractivity contribution in [2.75, 3.05) is 22.9 Å². The number of sulfone groups is 1. The molecule has 11 heteroatoms. The SMILES string of the molecule is O=[N+]([O-])c1ccc2c(c1)CCN2c1ccc(S(=O)(=O)c2ccc(N3CCc4cc([N+](=O)[O-])ccc43)cc2)cc1. The Kier molecular flexibility index (Phi) is 5.80. The lowest BCUT2D eigenvalue weighted by Gasteiger charge is -2.20. The molecule has 4 aromatic rings. The lowest BCUT2D eigenvalue weighted by Crippen LogP contribution is -2.14. The van der Waals surface area contributed by atoms with Crippen LogP contribution in [0.5, 0.6) is 0 Å². The van der Waals surface area contributed by atoms with Crippen molar-refractivity contribution in [3.05, 3.63) is 116 Å². The third-order valence-electron chi connectivity index (χ3n) is 7.26. The monoisotopic (exact) mass is 542 g/mol. The van der Waals surface area contributed by atoms with Crippen LogP contribution in [0.2, 0.25) is 0 Å². The van der Waals surface area contributed by atoms with Crippen LogP contribution in [0.4, 0.5) is 34.1 Å². The molecule has 0 spiro atoms. The third-order valence-corrected chi connectivity index (χ3v) is 9.04. The Balaban J connectivity index is 1.21. The van der Waals surface area contributed by atoms with Crippen LogP contribution in [0.1, 0.15) is 11.1 Å². The van der Waals surface area contributed by atoms with Gasteiger partial charge in [0.1, 0.15) is 0 Å². The highest BCUT2D eigenvalue weighted by molar-refractivity contribution is 7.91. The number of hydrogen-bond acceptors (Lipinski definition) is 8. The summed E-state index contributed by atoms with van der Waals surface area (Å²) in [6, 6.07) is 22.9. The van der Waals surface area contributed by atoms with Gasteiger partial charge >= 0.3 is 0 Å². The summed E-state index contributed by atoms with van der Waals surface area (Å²) in [6.45, 7) is 1.30. The van der Waals surface area contributed by atoms with Crippen LogP contribution in [0, 0.1) is 20.2 Å². The molecule has 0 aliphatic carbocycles. The summed E-state index contributed by atoms with van der Waals surface area (Å²) in [5.41, 5.74) is 5.27. The lowest BCUT2D eigenvalue weighted by atomic mass is 10.1. The molecule has 0 atom stereocenters. The number of non-ortho nitro benzene ring substituents is 2. The smallest absolute Gasteiger partial charge is 0.269 e. The van der Waals surface area contributed by atoms with Gasteiger partial charge in [-0.1, -0.05) is 0 Å². The van der Waals surface area contributed by atoms with Crippen molar-refractivity contribution in [3.63, 3.8) is 0 Å². The molecular formula is C28H22N4O6S. The van der Waals surface area contributed by atoms with Gasteiger partial charge in [-0.3, -0.25) is 20.2 Å². The number of fused-ring (bicyclic) bond motifs is 2. The summed E-state index contributed by atoms with van der Waals surface area (Å²) in [7, 11) is -3.76. The maximum atomic E-state index is 13.3. The zero-order valence-corrected chi connectivity index (χ0v) is 21.4. The first-order valence-electron chi connectivity index (χ1n) is 12.3. The Morgan fingerprint density at radius 2 is 0.974 bits per heavy atom. The molecule has 0 radical (unpaired) electrons. The Morgan fingerprint density at radius 1 is 0.590 bits per heavy atom. The molecule has 0 saturated carbocycles. The van der Waals surface area contributed by atoms with Gasteiger partial charge in [-0.15, -0.1) is 0 Å². The summed E-state index contributed by atoms with van der Waals surface area (Å²) >= 11 is 0. The van der Waals surface area contributed by atoms with Crippen molar-refractivity contribution in [2.45, 2.75) is 22.6 Å². The van der Waals surface area contributed by atoms with Gasteiger partial charge in [0, 0.05) is 60.1 Å². The fraction of sp³-hybridized carbons (Fsp3) is 0.143. The third kappa shape index (κ3) is 4.26. The molecule has 0 aromatic heterocycles. The summed E-state index contributed by atoms with van der Waals surface area (Å²) in [5.74, 6) is 0. The molecule has 4 aromatic carbocycles. The Bertz CT molecular complexity index is 1610. The Hall–Kier alpha value is -4.77. The predicted octanol–water partition coefficient (Wildman–Crippen LogP) is 5.72. The number of nitrogens with zero attached hydrogens (tertiary/aromatic N) is 4. The highest BCUT2D eigenvalue weighted by atomic mass is 32.2. The highest BCUT2D eigenvalue weighted by Gasteiger charge is 2.26. The molecule has 0 bridgehead atoms. The van der Waals surface area contributed by atoms with Gasteiger partial charge in [-0.2, -0.15) is 0 Å². The standard InChI is InChI=1S/C28H22N4O6S/c33-31(34)23-5-11-27-19(17-23)13-15-29(27)21-1-7-25(8-2-21)39(37,38)26-9-3-22(4-10-26)30-16-14-20-18-24(32(35)36)6-12-28(20)30/h1-12,17-18H,13-16H2. The summed E-state index contributed by atoms with van der Waals surface area (Å²) in [5, 5.41) is 22.2. The highest BCUT2D eigenvalue weighted by Crippen LogP contribution is 2.39. The molecule has 0 saturated heterocycles. The molecule has 10 nitrogen and oxygen atoms in total. The normalized spacial score (nSPS) is 14.3. The predicted molar refractivity (Wildman–Crippen MR) is 146 cm³/mol. The van der Waals surface area contributed by atoms with Crippen molar-refractivity contribution < 1.29 is 18.3 Å². The zero-order chi connectivity index (χ0) is 27.3. The van der Waals surface area contributed by atoms with E-state index in [0.717, 1.165) is 33.9 Å². The van der Waals surface area contributed by atoms with E-state index in [2.05, 4.69) is 0 Å². The first-order chi connectivity index (χ1) is 18.7. The van der Waals surface area contributed by atoms with E-state index in [1.165, 1.54) is 12.1 Å². The summed E-state index contributed by atoms with van der Waals surface area (Å²) < 4.78 is 26.7. The van der Waals surface area contributed by atoms with E-state index >= 15 is 0 Å². The van der Waals surface area contributed by atoms with Gasteiger partial charge in [0.2, 0.25) is 9.84 Å². The molecular weight excluding hydrogens is 520 g/mol. The van der Waals surface area contributed by atoms with E-state index in [4.69, 9.17) is 0 Å². The lowest BCUT2D eigenvalue weighted by molar-refractivity contribution is -0.385. The van der Waals surface area contributed by atoms with Crippen molar-refractivity contribution in [2.24, 2.45) is 0 Å². The molecule has 2 heterocycles. The average Bonchev–Trinajstić information content (AvgIpc) is 3.57. The Labute approximate surface area is 224 Å². The van der Waals surface area contributed by atoms with Gasteiger partial charge < -0.3 is 9.80 Å². The number of hydrogen-bond donors (Lipinski definition) is 0. The zero-order valence-electron chi connectivity index (χ0n) is 20.6. The van der Waals surface area contributed by atoms with Crippen LogP contribution >= 0.6 is 0 Å². The molecule has 6 rings (SSSR count). The fourth-order valence-electron chi connectivity index (χ4n) is 5.29.